The topological polar surface area (TPSA) is 75.3 Å². The molecular formula is C23H22F2N2O3S. The van der Waals surface area contributed by atoms with E-state index in [0.717, 1.165) is 23.3 Å². The average molecular weight is 445 g/mol. The normalized spacial score (nSPS) is 11.3. The Balaban J connectivity index is 1.50. The molecular weight excluding hydrogens is 422 g/mol. The molecule has 0 heterocycles. The summed E-state index contributed by atoms with van der Waals surface area (Å²) >= 11 is 0. The van der Waals surface area contributed by atoms with Crippen LogP contribution < -0.4 is 10.0 Å². The first-order chi connectivity index (χ1) is 14.8. The van der Waals surface area contributed by atoms with Crippen molar-refractivity contribution in [2.75, 3.05) is 11.9 Å². The summed E-state index contributed by atoms with van der Waals surface area (Å²) in [6.45, 7) is 0.286. The van der Waals surface area contributed by atoms with Gasteiger partial charge in [-0.25, -0.2) is 21.9 Å². The molecule has 0 aliphatic heterocycles. The van der Waals surface area contributed by atoms with Crippen molar-refractivity contribution < 1.29 is 22.0 Å². The number of hydrogen-bond acceptors (Lipinski definition) is 3. The zero-order chi connectivity index (χ0) is 22.3. The Morgan fingerprint density at radius 2 is 1.52 bits per heavy atom. The lowest BCUT2D eigenvalue weighted by atomic mass is 10.1. The van der Waals surface area contributed by atoms with Gasteiger partial charge in [0.05, 0.1) is 10.6 Å². The van der Waals surface area contributed by atoms with Crippen LogP contribution in [0.15, 0.2) is 77.7 Å². The third-order valence-electron chi connectivity index (χ3n) is 4.63. The third-order valence-corrected chi connectivity index (χ3v) is 6.11. The number of aryl methyl sites for hydroxylation is 1. The zero-order valence-corrected chi connectivity index (χ0v) is 17.5. The summed E-state index contributed by atoms with van der Waals surface area (Å²) < 4.78 is 53.9. The van der Waals surface area contributed by atoms with Crippen molar-refractivity contribution in [3.63, 3.8) is 0 Å². The number of sulfonamides is 1. The Bertz CT molecular complexity index is 1140. The maximum Gasteiger partial charge on any atom is 0.240 e. The molecule has 0 aliphatic rings. The monoisotopic (exact) mass is 444 g/mol. The van der Waals surface area contributed by atoms with Gasteiger partial charge in [-0.05, 0) is 48.2 Å². The number of amides is 1. The van der Waals surface area contributed by atoms with E-state index in [9.17, 15) is 22.0 Å². The quantitative estimate of drug-likeness (QED) is 0.523. The van der Waals surface area contributed by atoms with Gasteiger partial charge in [0.1, 0.15) is 11.6 Å². The first-order valence-electron chi connectivity index (χ1n) is 9.71. The SMILES string of the molecule is O=C(CCc1ccc(S(=O)(=O)NCCc2ccccc2)cc1)Nc1ccc(F)cc1F. The van der Waals surface area contributed by atoms with Crippen LogP contribution in [0, 0.1) is 11.6 Å². The number of rotatable bonds is 9. The van der Waals surface area contributed by atoms with Crippen LogP contribution in [0.4, 0.5) is 14.5 Å². The standard InChI is InChI=1S/C23H22F2N2O3S/c24-19-9-12-22(21(25)16-19)27-23(28)13-8-18-6-10-20(11-7-18)31(29,30)26-15-14-17-4-2-1-3-5-17/h1-7,9-12,16,26H,8,13-15H2,(H,27,28). The second kappa shape index (κ2) is 10.3. The van der Waals surface area contributed by atoms with Crippen LogP contribution in [0.1, 0.15) is 17.5 Å². The van der Waals surface area contributed by atoms with Crippen LogP contribution in [0.3, 0.4) is 0 Å². The van der Waals surface area contributed by atoms with Crippen LogP contribution >= 0.6 is 0 Å². The summed E-state index contributed by atoms with van der Waals surface area (Å²) in [7, 11) is -3.63. The zero-order valence-electron chi connectivity index (χ0n) is 16.6. The molecule has 0 unspecified atom stereocenters. The fourth-order valence-corrected chi connectivity index (χ4v) is 3.99. The molecule has 0 fully saturated rings. The van der Waals surface area contributed by atoms with Crippen LogP contribution in [0.2, 0.25) is 0 Å². The highest BCUT2D eigenvalue weighted by Crippen LogP contribution is 2.16. The molecule has 0 radical (unpaired) electrons. The molecule has 8 heteroatoms. The van der Waals surface area contributed by atoms with Gasteiger partial charge in [-0.3, -0.25) is 4.79 Å². The lowest BCUT2D eigenvalue weighted by Crippen LogP contribution is -2.26. The van der Waals surface area contributed by atoms with Crippen molar-refractivity contribution in [3.05, 3.63) is 95.6 Å². The molecule has 31 heavy (non-hydrogen) atoms. The van der Waals surface area contributed by atoms with Gasteiger partial charge in [-0.15, -0.1) is 0 Å². The fraction of sp³-hybridized carbons (Fsp3) is 0.174. The minimum absolute atomic E-state index is 0.0677. The van der Waals surface area contributed by atoms with Crippen LogP contribution in [-0.2, 0) is 27.7 Å². The molecule has 0 atom stereocenters. The third kappa shape index (κ3) is 6.70. The van der Waals surface area contributed by atoms with Crippen LogP contribution in [0.25, 0.3) is 0 Å². The maximum atomic E-state index is 13.6. The Labute approximate surface area is 180 Å². The molecule has 0 aliphatic carbocycles. The van der Waals surface area contributed by atoms with Gasteiger partial charge in [-0.1, -0.05) is 42.5 Å². The van der Waals surface area contributed by atoms with Crippen LogP contribution in [0.5, 0.6) is 0 Å². The number of anilines is 1. The summed E-state index contributed by atoms with van der Waals surface area (Å²) in [6, 6.07) is 18.7. The molecule has 0 spiro atoms. The van der Waals surface area contributed by atoms with Crippen molar-refractivity contribution in [1.82, 2.24) is 4.72 Å². The van der Waals surface area contributed by atoms with Gasteiger partial charge in [0.25, 0.3) is 0 Å². The summed E-state index contributed by atoms with van der Waals surface area (Å²) in [5, 5.41) is 2.39. The molecule has 3 rings (SSSR count). The summed E-state index contributed by atoms with van der Waals surface area (Å²) in [6.07, 6.45) is 0.997. The van der Waals surface area contributed by atoms with E-state index in [1.54, 1.807) is 12.1 Å². The van der Waals surface area contributed by atoms with Crippen LogP contribution in [-0.4, -0.2) is 20.9 Å². The van der Waals surface area contributed by atoms with E-state index in [-0.39, 0.29) is 23.5 Å². The van der Waals surface area contributed by atoms with Gasteiger partial charge in [0, 0.05) is 19.0 Å². The average Bonchev–Trinajstić information content (AvgIpc) is 2.75. The molecule has 3 aromatic carbocycles. The largest absolute Gasteiger partial charge is 0.324 e. The second-order valence-electron chi connectivity index (χ2n) is 6.95. The molecule has 0 bridgehead atoms. The molecule has 162 valence electrons. The Morgan fingerprint density at radius 1 is 0.839 bits per heavy atom. The number of halogens is 2. The lowest BCUT2D eigenvalue weighted by molar-refractivity contribution is -0.116. The summed E-state index contributed by atoms with van der Waals surface area (Å²) in [4.78, 5) is 12.1. The van der Waals surface area contributed by atoms with E-state index in [1.165, 1.54) is 12.1 Å². The minimum Gasteiger partial charge on any atom is -0.324 e. The number of nitrogens with one attached hydrogen (secondary N) is 2. The maximum absolute atomic E-state index is 13.6. The molecule has 0 saturated heterocycles. The molecule has 3 aromatic rings. The van der Waals surface area contributed by atoms with E-state index >= 15 is 0 Å². The Kier molecular flexibility index (Phi) is 7.49. The van der Waals surface area contributed by atoms with Crippen molar-refractivity contribution in [3.8, 4) is 0 Å². The molecule has 0 aromatic heterocycles. The molecule has 1 amide bonds. The van der Waals surface area contributed by atoms with Gasteiger partial charge >= 0.3 is 0 Å². The number of carbonyl (C=O) groups excluding carboxylic acids is 1. The van der Waals surface area contributed by atoms with Gasteiger partial charge in [-0.2, -0.15) is 0 Å². The Hall–Kier alpha value is -3.10. The van der Waals surface area contributed by atoms with Crippen molar-refractivity contribution in [1.29, 1.82) is 0 Å². The second-order valence-corrected chi connectivity index (χ2v) is 8.72. The predicted molar refractivity (Wildman–Crippen MR) is 115 cm³/mol. The number of carbonyl (C=O) groups is 1. The van der Waals surface area contributed by atoms with Crippen molar-refractivity contribution in [2.24, 2.45) is 0 Å². The smallest absolute Gasteiger partial charge is 0.240 e. The van der Waals surface area contributed by atoms with Crippen molar-refractivity contribution >= 4 is 21.6 Å². The highest BCUT2D eigenvalue weighted by Gasteiger charge is 2.14. The highest BCUT2D eigenvalue weighted by atomic mass is 32.2. The first-order valence-corrected chi connectivity index (χ1v) is 11.2. The first kappa shape index (κ1) is 22.6. The van der Waals surface area contributed by atoms with Gasteiger partial charge < -0.3 is 5.32 Å². The molecule has 0 saturated carbocycles. The van der Waals surface area contributed by atoms with E-state index in [1.807, 2.05) is 30.3 Å². The van der Waals surface area contributed by atoms with E-state index in [4.69, 9.17) is 0 Å². The fourth-order valence-electron chi connectivity index (χ4n) is 2.95. The number of benzene rings is 3. The highest BCUT2D eigenvalue weighted by molar-refractivity contribution is 7.89. The lowest BCUT2D eigenvalue weighted by Gasteiger charge is -2.09. The molecule has 5 nitrogen and oxygen atoms in total. The van der Waals surface area contributed by atoms with Gasteiger partial charge in [0.2, 0.25) is 15.9 Å². The minimum atomic E-state index is -3.63. The van der Waals surface area contributed by atoms with E-state index in [0.29, 0.717) is 18.9 Å². The van der Waals surface area contributed by atoms with Gasteiger partial charge in [0.15, 0.2) is 0 Å². The predicted octanol–water partition coefficient (Wildman–Crippen LogP) is 4.06. The van der Waals surface area contributed by atoms with E-state index < -0.39 is 27.6 Å². The summed E-state index contributed by atoms with van der Waals surface area (Å²) in [5.74, 6) is -1.99. The van der Waals surface area contributed by atoms with Crippen molar-refractivity contribution in [2.45, 2.75) is 24.2 Å². The molecule has 2 N–H and O–H groups in total. The number of hydrogen-bond donors (Lipinski definition) is 2. The van der Waals surface area contributed by atoms with E-state index in [2.05, 4.69) is 10.0 Å². The summed E-state index contributed by atoms with van der Waals surface area (Å²) in [5.41, 5.74) is 1.71. The Morgan fingerprint density at radius 3 is 2.19 bits per heavy atom.